The summed E-state index contributed by atoms with van der Waals surface area (Å²) in [6.07, 6.45) is 2.37. The van der Waals surface area contributed by atoms with Crippen LogP contribution in [0.5, 0.6) is 0 Å². The quantitative estimate of drug-likeness (QED) is 0.806. The van der Waals surface area contributed by atoms with Gasteiger partial charge in [-0.15, -0.1) is 0 Å². The van der Waals surface area contributed by atoms with Crippen LogP contribution in [0.4, 0.5) is 11.4 Å². The lowest BCUT2D eigenvalue weighted by atomic mass is 9.99. The van der Waals surface area contributed by atoms with E-state index in [1.807, 2.05) is 18.2 Å². The van der Waals surface area contributed by atoms with Crippen LogP contribution in [0.15, 0.2) is 40.9 Å². The Morgan fingerprint density at radius 1 is 1.25 bits per heavy atom. The number of halogens is 2. The van der Waals surface area contributed by atoms with Crippen LogP contribution in [0.1, 0.15) is 17.5 Å². The van der Waals surface area contributed by atoms with Crippen molar-refractivity contribution in [2.24, 2.45) is 0 Å². The summed E-state index contributed by atoms with van der Waals surface area (Å²) in [6, 6.07) is 12.3. The molecule has 0 radical (unpaired) electrons. The summed E-state index contributed by atoms with van der Waals surface area (Å²) in [5.74, 6) is 0. The molecular formula is C16H16BrClN2. The summed E-state index contributed by atoms with van der Waals surface area (Å²) in [7, 11) is 0. The molecule has 0 fully saturated rings. The van der Waals surface area contributed by atoms with Gasteiger partial charge in [0.05, 0.1) is 10.7 Å². The highest BCUT2D eigenvalue weighted by Crippen LogP contribution is 2.29. The van der Waals surface area contributed by atoms with Crippen molar-refractivity contribution in [3.8, 4) is 0 Å². The van der Waals surface area contributed by atoms with Crippen molar-refractivity contribution in [1.29, 1.82) is 0 Å². The minimum absolute atomic E-state index is 0.742. The molecule has 104 valence electrons. The molecule has 20 heavy (non-hydrogen) atoms. The second-order valence-electron chi connectivity index (χ2n) is 4.96. The minimum Gasteiger partial charge on any atom is -0.385 e. The molecule has 2 aromatic carbocycles. The van der Waals surface area contributed by atoms with Gasteiger partial charge in [-0.3, -0.25) is 0 Å². The maximum absolute atomic E-state index is 6.21. The van der Waals surface area contributed by atoms with E-state index in [0.29, 0.717) is 0 Å². The third-order valence-electron chi connectivity index (χ3n) is 3.56. The predicted octanol–water partition coefficient (Wildman–Crippen LogP) is 5.07. The normalized spacial score (nSPS) is 13.5. The van der Waals surface area contributed by atoms with E-state index in [2.05, 4.69) is 44.8 Å². The van der Waals surface area contributed by atoms with Gasteiger partial charge in [-0.25, -0.2) is 0 Å². The number of benzene rings is 2. The van der Waals surface area contributed by atoms with Crippen molar-refractivity contribution in [1.82, 2.24) is 0 Å². The van der Waals surface area contributed by atoms with Crippen LogP contribution in [0.3, 0.4) is 0 Å². The third-order valence-corrected chi connectivity index (χ3v) is 4.38. The lowest BCUT2D eigenvalue weighted by Gasteiger charge is -2.21. The zero-order valence-electron chi connectivity index (χ0n) is 11.0. The lowest BCUT2D eigenvalue weighted by Crippen LogP contribution is -2.15. The van der Waals surface area contributed by atoms with E-state index in [-0.39, 0.29) is 0 Å². The number of para-hydroxylation sites is 1. The number of hydrogen-bond donors (Lipinski definition) is 2. The summed E-state index contributed by atoms with van der Waals surface area (Å²) in [4.78, 5) is 0. The van der Waals surface area contributed by atoms with Crippen molar-refractivity contribution in [2.75, 3.05) is 17.2 Å². The van der Waals surface area contributed by atoms with Crippen LogP contribution in [0, 0.1) is 0 Å². The van der Waals surface area contributed by atoms with Gasteiger partial charge in [-0.2, -0.15) is 0 Å². The van der Waals surface area contributed by atoms with Crippen LogP contribution < -0.4 is 10.6 Å². The predicted molar refractivity (Wildman–Crippen MR) is 89.7 cm³/mol. The van der Waals surface area contributed by atoms with E-state index < -0.39 is 0 Å². The Morgan fingerprint density at radius 2 is 2.15 bits per heavy atom. The molecule has 0 saturated carbocycles. The van der Waals surface area contributed by atoms with Crippen molar-refractivity contribution >= 4 is 38.9 Å². The fraction of sp³-hybridized carbons (Fsp3) is 0.250. The standard InChI is InChI=1S/C16H16BrClN2/c17-13-6-7-14(18)15(9-13)20-10-12-4-1-3-11-5-2-8-19-16(11)12/h1,3-4,6-7,9,19-20H,2,5,8,10H2. The molecule has 0 aliphatic carbocycles. The Hall–Kier alpha value is -1.19. The monoisotopic (exact) mass is 350 g/mol. The second-order valence-corrected chi connectivity index (χ2v) is 6.28. The molecule has 2 N–H and O–H groups in total. The number of rotatable bonds is 3. The maximum Gasteiger partial charge on any atom is 0.0638 e. The first-order chi connectivity index (χ1) is 9.74. The van der Waals surface area contributed by atoms with Gasteiger partial charge in [-0.1, -0.05) is 45.7 Å². The van der Waals surface area contributed by atoms with Crippen LogP contribution in [0.2, 0.25) is 5.02 Å². The highest BCUT2D eigenvalue weighted by Gasteiger charge is 2.12. The van der Waals surface area contributed by atoms with E-state index in [4.69, 9.17) is 11.6 Å². The first-order valence-electron chi connectivity index (χ1n) is 6.77. The van der Waals surface area contributed by atoms with E-state index in [9.17, 15) is 0 Å². The molecule has 2 aromatic rings. The number of anilines is 2. The molecule has 0 unspecified atom stereocenters. The summed E-state index contributed by atoms with van der Waals surface area (Å²) in [6.45, 7) is 1.83. The highest BCUT2D eigenvalue weighted by atomic mass is 79.9. The van der Waals surface area contributed by atoms with E-state index in [0.717, 1.165) is 34.7 Å². The summed E-state index contributed by atoms with van der Waals surface area (Å²) in [5, 5.41) is 7.67. The summed E-state index contributed by atoms with van der Waals surface area (Å²) < 4.78 is 1.03. The Balaban J connectivity index is 1.80. The Kier molecular flexibility index (Phi) is 4.18. The Morgan fingerprint density at radius 3 is 3.05 bits per heavy atom. The smallest absolute Gasteiger partial charge is 0.0638 e. The number of aryl methyl sites for hydroxylation is 1. The summed E-state index contributed by atoms with van der Waals surface area (Å²) >= 11 is 9.68. The molecule has 0 amide bonds. The number of nitrogens with one attached hydrogen (secondary N) is 2. The molecule has 1 aliphatic heterocycles. The van der Waals surface area contributed by atoms with Crippen molar-refractivity contribution in [3.05, 3.63) is 57.0 Å². The molecule has 0 bridgehead atoms. The first-order valence-corrected chi connectivity index (χ1v) is 7.95. The van der Waals surface area contributed by atoms with Gasteiger partial charge in [0, 0.05) is 23.2 Å². The first kappa shape index (κ1) is 13.8. The number of hydrogen-bond acceptors (Lipinski definition) is 2. The maximum atomic E-state index is 6.21. The van der Waals surface area contributed by atoms with Crippen molar-refractivity contribution in [2.45, 2.75) is 19.4 Å². The largest absolute Gasteiger partial charge is 0.385 e. The van der Waals surface area contributed by atoms with E-state index in [1.165, 1.54) is 23.2 Å². The number of fused-ring (bicyclic) bond motifs is 1. The molecule has 0 aromatic heterocycles. The summed E-state index contributed by atoms with van der Waals surface area (Å²) in [5.41, 5.74) is 4.95. The van der Waals surface area contributed by atoms with Gasteiger partial charge in [0.15, 0.2) is 0 Å². The average Bonchev–Trinajstić information content (AvgIpc) is 2.48. The fourth-order valence-corrected chi connectivity index (χ4v) is 3.10. The second kappa shape index (κ2) is 6.06. The third kappa shape index (κ3) is 2.94. The van der Waals surface area contributed by atoms with Gasteiger partial charge >= 0.3 is 0 Å². The van der Waals surface area contributed by atoms with Gasteiger partial charge in [0.1, 0.15) is 0 Å². The molecule has 0 saturated heterocycles. The van der Waals surface area contributed by atoms with Crippen LogP contribution in [0.25, 0.3) is 0 Å². The Bertz CT molecular complexity index is 628. The van der Waals surface area contributed by atoms with Crippen molar-refractivity contribution in [3.63, 3.8) is 0 Å². The van der Waals surface area contributed by atoms with Crippen LogP contribution >= 0.6 is 27.5 Å². The topological polar surface area (TPSA) is 24.1 Å². The van der Waals surface area contributed by atoms with Gasteiger partial charge < -0.3 is 10.6 Å². The van der Waals surface area contributed by atoms with Gasteiger partial charge in [-0.05, 0) is 42.2 Å². The molecule has 2 nitrogen and oxygen atoms in total. The fourth-order valence-electron chi connectivity index (χ4n) is 2.55. The molecule has 1 aliphatic rings. The zero-order valence-corrected chi connectivity index (χ0v) is 13.4. The minimum atomic E-state index is 0.742. The zero-order chi connectivity index (χ0) is 13.9. The SMILES string of the molecule is Clc1ccc(Br)cc1NCc1cccc2c1NCCC2. The van der Waals surface area contributed by atoms with Gasteiger partial charge in [0.25, 0.3) is 0 Å². The molecule has 1 heterocycles. The van der Waals surface area contributed by atoms with Crippen molar-refractivity contribution < 1.29 is 0 Å². The average molecular weight is 352 g/mol. The lowest BCUT2D eigenvalue weighted by molar-refractivity contribution is 0.825. The Labute approximate surface area is 132 Å². The molecule has 0 atom stereocenters. The molecule has 3 rings (SSSR count). The molecular weight excluding hydrogens is 336 g/mol. The van der Waals surface area contributed by atoms with E-state index in [1.54, 1.807) is 0 Å². The molecule has 4 heteroatoms. The van der Waals surface area contributed by atoms with Crippen LogP contribution in [-0.4, -0.2) is 6.54 Å². The van der Waals surface area contributed by atoms with Crippen LogP contribution in [-0.2, 0) is 13.0 Å². The van der Waals surface area contributed by atoms with E-state index >= 15 is 0 Å². The highest BCUT2D eigenvalue weighted by molar-refractivity contribution is 9.10. The molecule has 0 spiro atoms. The van der Waals surface area contributed by atoms with Gasteiger partial charge in [0.2, 0.25) is 0 Å².